The predicted molar refractivity (Wildman–Crippen MR) is 65.1 cm³/mol. The molecule has 0 bridgehead atoms. The molecule has 70 valence electrons. The summed E-state index contributed by atoms with van der Waals surface area (Å²) < 4.78 is 2.27. The Kier molecular flexibility index (Phi) is 3.74. The third kappa shape index (κ3) is 2.96. The highest BCUT2D eigenvalue weighted by atomic mass is 79.9. The van der Waals surface area contributed by atoms with E-state index in [4.69, 9.17) is 0 Å². The highest BCUT2D eigenvalue weighted by Gasteiger charge is 2.04. The Labute approximate surface area is 96.3 Å². The molecule has 0 radical (unpaired) electrons. The van der Waals surface area contributed by atoms with Crippen LogP contribution in [-0.2, 0) is 6.42 Å². The zero-order valence-corrected chi connectivity index (χ0v) is 11.0. The lowest BCUT2D eigenvalue weighted by Gasteiger charge is -2.08. The monoisotopic (exact) mass is 302 g/mol. The van der Waals surface area contributed by atoms with Crippen molar-refractivity contribution >= 4 is 31.9 Å². The summed E-state index contributed by atoms with van der Waals surface area (Å²) in [5.41, 5.74) is 3.81. The Balaban J connectivity index is 3.13. The van der Waals surface area contributed by atoms with Gasteiger partial charge in [-0.1, -0.05) is 44.0 Å². The van der Waals surface area contributed by atoms with Gasteiger partial charge in [-0.3, -0.25) is 0 Å². The fourth-order valence-electron chi connectivity index (χ4n) is 1.26. The number of rotatable bonds is 2. The van der Waals surface area contributed by atoms with Crippen molar-refractivity contribution in [1.29, 1.82) is 0 Å². The van der Waals surface area contributed by atoms with Crippen LogP contribution in [0, 0.1) is 6.92 Å². The topological polar surface area (TPSA) is 0 Å². The van der Waals surface area contributed by atoms with Crippen molar-refractivity contribution in [2.24, 2.45) is 0 Å². The van der Waals surface area contributed by atoms with Gasteiger partial charge in [-0.25, -0.2) is 0 Å². The summed E-state index contributed by atoms with van der Waals surface area (Å²) in [4.78, 5) is 0. The average molecular weight is 304 g/mol. The lowest BCUT2D eigenvalue weighted by atomic mass is 10.0. The average Bonchev–Trinajstić information content (AvgIpc) is 1.96. The molecule has 0 nitrogen and oxygen atoms in total. The maximum absolute atomic E-state index is 3.92. The molecule has 0 N–H and O–H groups in total. The van der Waals surface area contributed by atoms with Gasteiger partial charge in [0.25, 0.3) is 0 Å². The van der Waals surface area contributed by atoms with Crippen molar-refractivity contribution in [2.45, 2.75) is 20.3 Å². The van der Waals surface area contributed by atoms with Gasteiger partial charge in [0.1, 0.15) is 0 Å². The van der Waals surface area contributed by atoms with E-state index in [0.717, 1.165) is 15.4 Å². The second-order valence-electron chi connectivity index (χ2n) is 3.32. The van der Waals surface area contributed by atoms with Crippen LogP contribution in [0.3, 0.4) is 0 Å². The van der Waals surface area contributed by atoms with E-state index in [1.165, 1.54) is 16.7 Å². The van der Waals surface area contributed by atoms with E-state index in [1.807, 2.05) is 6.92 Å². The molecule has 0 aromatic heterocycles. The molecule has 13 heavy (non-hydrogen) atoms. The van der Waals surface area contributed by atoms with Crippen LogP contribution in [-0.4, -0.2) is 0 Å². The molecule has 0 saturated carbocycles. The van der Waals surface area contributed by atoms with Crippen molar-refractivity contribution in [3.05, 3.63) is 44.4 Å². The van der Waals surface area contributed by atoms with E-state index in [0.29, 0.717) is 0 Å². The van der Waals surface area contributed by atoms with Gasteiger partial charge in [-0.05, 0) is 43.5 Å². The number of aryl methyl sites for hydroxylation is 1. The van der Waals surface area contributed by atoms with Gasteiger partial charge in [-0.15, -0.1) is 0 Å². The third-order valence-corrected chi connectivity index (χ3v) is 3.03. The lowest BCUT2D eigenvalue weighted by Crippen LogP contribution is -1.92. The summed E-state index contributed by atoms with van der Waals surface area (Å²) >= 11 is 7.02. The Hall–Kier alpha value is -0.0800. The Morgan fingerprint density at radius 1 is 1.38 bits per heavy atom. The first-order valence-electron chi connectivity index (χ1n) is 4.09. The van der Waals surface area contributed by atoms with Gasteiger partial charge in [0, 0.05) is 8.95 Å². The highest BCUT2D eigenvalue weighted by molar-refractivity contribution is 9.11. The van der Waals surface area contributed by atoms with E-state index in [1.54, 1.807) is 0 Å². The number of hydrogen-bond donors (Lipinski definition) is 0. The van der Waals surface area contributed by atoms with Crippen molar-refractivity contribution in [3.8, 4) is 0 Å². The highest BCUT2D eigenvalue weighted by Crippen LogP contribution is 2.27. The van der Waals surface area contributed by atoms with Crippen LogP contribution in [0.2, 0.25) is 0 Å². The fourth-order valence-corrected chi connectivity index (χ4v) is 2.84. The van der Waals surface area contributed by atoms with E-state index < -0.39 is 0 Å². The zero-order valence-electron chi connectivity index (χ0n) is 7.82. The van der Waals surface area contributed by atoms with Crippen LogP contribution in [0.4, 0.5) is 0 Å². The summed E-state index contributed by atoms with van der Waals surface area (Å²) in [6.07, 6.45) is 0.944. The fraction of sp³-hybridized carbons (Fsp3) is 0.273. The molecular weight excluding hydrogens is 292 g/mol. The van der Waals surface area contributed by atoms with Crippen LogP contribution in [0.15, 0.2) is 33.2 Å². The van der Waals surface area contributed by atoms with Crippen molar-refractivity contribution in [1.82, 2.24) is 0 Å². The second kappa shape index (κ2) is 4.43. The first-order chi connectivity index (χ1) is 6.00. The van der Waals surface area contributed by atoms with Crippen molar-refractivity contribution in [3.63, 3.8) is 0 Å². The SMILES string of the molecule is C=C(C)Cc1c(C)cc(Br)cc1Br. The van der Waals surface area contributed by atoms with Crippen LogP contribution >= 0.6 is 31.9 Å². The minimum absolute atomic E-state index is 0.944. The molecule has 0 unspecified atom stereocenters. The normalized spacial score (nSPS) is 10.2. The van der Waals surface area contributed by atoms with E-state index in [2.05, 4.69) is 57.5 Å². The third-order valence-electron chi connectivity index (χ3n) is 1.86. The van der Waals surface area contributed by atoms with Gasteiger partial charge in [0.05, 0.1) is 0 Å². The van der Waals surface area contributed by atoms with Gasteiger partial charge in [0.15, 0.2) is 0 Å². The molecule has 0 aliphatic heterocycles. The van der Waals surface area contributed by atoms with Crippen LogP contribution < -0.4 is 0 Å². The lowest BCUT2D eigenvalue weighted by molar-refractivity contribution is 1.11. The molecule has 2 heteroatoms. The smallest absolute Gasteiger partial charge is 0.0224 e. The molecule has 0 aliphatic rings. The number of hydrogen-bond acceptors (Lipinski definition) is 0. The Bertz CT molecular complexity index is 317. The van der Waals surface area contributed by atoms with Crippen LogP contribution in [0.1, 0.15) is 18.1 Å². The molecular formula is C11H12Br2. The number of allylic oxidation sites excluding steroid dienone is 1. The molecule has 0 amide bonds. The maximum Gasteiger partial charge on any atom is 0.0224 e. The largest absolute Gasteiger partial charge is 0.0998 e. The molecule has 0 saturated heterocycles. The molecule has 1 rings (SSSR count). The van der Waals surface area contributed by atoms with Crippen LogP contribution in [0.5, 0.6) is 0 Å². The Morgan fingerprint density at radius 2 is 2.00 bits per heavy atom. The van der Waals surface area contributed by atoms with Crippen molar-refractivity contribution in [2.75, 3.05) is 0 Å². The molecule has 0 aliphatic carbocycles. The zero-order chi connectivity index (χ0) is 10.0. The van der Waals surface area contributed by atoms with E-state index in [-0.39, 0.29) is 0 Å². The van der Waals surface area contributed by atoms with E-state index in [9.17, 15) is 0 Å². The first-order valence-corrected chi connectivity index (χ1v) is 5.68. The summed E-state index contributed by atoms with van der Waals surface area (Å²) in [5.74, 6) is 0. The molecule has 1 aromatic rings. The number of halogens is 2. The second-order valence-corrected chi connectivity index (χ2v) is 5.09. The minimum Gasteiger partial charge on any atom is -0.0998 e. The summed E-state index contributed by atoms with van der Waals surface area (Å²) in [6, 6.07) is 4.20. The molecule has 0 fully saturated rings. The summed E-state index contributed by atoms with van der Waals surface area (Å²) in [5, 5.41) is 0. The van der Waals surface area contributed by atoms with Gasteiger partial charge in [-0.2, -0.15) is 0 Å². The predicted octanol–water partition coefficient (Wildman–Crippen LogP) is 4.64. The quantitative estimate of drug-likeness (QED) is 0.698. The Morgan fingerprint density at radius 3 is 2.46 bits per heavy atom. The molecule has 1 aromatic carbocycles. The number of benzene rings is 1. The van der Waals surface area contributed by atoms with Gasteiger partial charge >= 0.3 is 0 Å². The molecule has 0 atom stereocenters. The van der Waals surface area contributed by atoms with Gasteiger partial charge in [0.2, 0.25) is 0 Å². The molecule has 0 heterocycles. The maximum atomic E-state index is 3.92. The van der Waals surface area contributed by atoms with E-state index >= 15 is 0 Å². The van der Waals surface area contributed by atoms with Gasteiger partial charge < -0.3 is 0 Å². The summed E-state index contributed by atoms with van der Waals surface area (Å²) in [6.45, 7) is 8.09. The van der Waals surface area contributed by atoms with Crippen molar-refractivity contribution < 1.29 is 0 Å². The molecule has 0 spiro atoms. The first kappa shape index (κ1) is 11.0. The standard InChI is InChI=1S/C11H12Br2/c1-7(2)4-10-8(3)5-9(12)6-11(10)13/h5-6H,1,4H2,2-3H3. The van der Waals surface area contributed by atoms with Crippen LogP contribution in [0.25, 0.3) is 0 Å². The minimum atomic E-state index is 0.944. The summed E-state index contributed by atoms with van der Waals surface area (Å²) in [7, 11) is 0.